The fraction of sp³-hybridized carbons (Fsp3) is 0.231. The number of nitrogens with zero attached hydrogens (tertiary/aromatic N) is 1. The second-order valence-electron chi connectivity index (χ2n) is 3.63. The third kappa shape index (κ3) is 2.55. The quantitative estimate of drug-likeness (QED) is 0.756. The summed E-state index contributed by atoms with van der Waals surface area (Å²) in [5.74, 6) is 0.212. The molecule has 2 heterocycles. The van der Waals surface area contributed by atoms with Crippen molar-refractivity contribution in [2.75, 3.05) is 0 Å². The molecule has 3 heteroatoms. The van der Waals surface area contributed by atoms with E-state index in [2.05, 4.69) is 4.98 Å². The highest BCUT2D eigenvalue weighted by Gasteiger charge is 2.09. The molecule has 0 bridgehead atoms. The third-order valence-corrected chi connectivity index (χ3v) is 3.34. The molecule has 2 aromatic rings. The Morgan fingerprint density at radius 2 is 2.25 bits per heavy atom. The predicted octanol–water partition coefficient (Wildman–Crippen LogP) is 3.27. The van der Waals surface area contributed by atoms with Crippen LogP contribution in [0.3, 0.4) is 0 Å². The predicted molar refractivity (Wildman–Crippen MR) is 65.9 cm³/mol. The smallest absolute Gasteiger partial charge is 0.164 e. The average molecular weight is 231 g/mol. The lowest BCUT2D eigenvalue weighted by Gasteiger charge is -2.00. The second kappa shape index (κ2) is 5.03. The Bertz CT molecular complexity index is 476. The summed E-state index contributed by atoms with van der Waals surface area (Å²) in [5, 5.41) is 1.96. The Hall–Kier alpha value is -1.48. The Kier molecular flexibility index (Phi) is 3.47. The van der Waals surface area contributed by atoms with Crippen molar-refractivity contribution < 1.29 is 4.79 Å². The minimum absolute atomic E-state index is 0.212. The largest absolute Gasteiger partial charge is 0.294 e. The van der Waals surface area contributed by atoms with Gasteiger partial charge in [0, 0.05) is 28.8 Å². The number of hydrogen-bond donors (Lipinski definition) is 0. The number of pyridine rings is 1. The molecule has 82 valence electrons. The van der Waals surface area contributed by atoms with Crippen LogP contribution < -0.4 is 0 Å². The number of aromatic nitrogens is 1. The van der Waals surface area contributed by atoms with Gasteiger partial charge in [0.15, 0.2) is 5.78 Å². The zero-order chi connectivity index (χ0) is 11.4. The summed E-state index contributed by atoms with van der Waals surface area (Å²) in [7, 11) is 0. The fourth-order valence-electron chi connectivity index (χ4n) is 1.60. The van der Waals surface area contributed by atoms with Gasteiger partial charge in [-0.05, 0) is 36.9 Å². The first-order valence-corrected chi connectivity index (χ1v) is 6.12. The summed E-state index contributed by atoms with van der Waals surface area (Å²) in [5.41, 5.74) is 1.84. The topological polar surface area (TPSA) is 30.0 Å². The lowest BCUT2D eigenvalue weighted by Crippen LogP contribution is -2.02. The molecule has 0 saturated carbocycles. The van der Waals surface area contributed by atoms with Crippen molar-refractivity contribution in [1.82, 2.24) is 4.98 Å². The summed E-state index contributed by atoms with van der Waals surface area (Å²) in [6.45, 7) is 1.98. The van der Waals surface area contributed by atoms with Gasteiger partial charge in [-0.2, -0.15) is 0 Å². The van der Waals surface area contributed by atoms with E-state index in [-0.39, 0.29) is 5.78 Å². The number of carbonyl (C=O) groups excluding carboxylic acids is 1. The van der Waals surface area contributed by atoms with Crippen LogP contribution >= 0.6 is 11.3 Å². The molecule has 2 rings (SSSR count). The molecule has 2 nitrogen and oxygen atoms in total. The SMILES string of the molecule is Cc1sccc1C(=O)CCc1ccccn1. The first kappa shape index (κ1) is 11.0. The van der Waals surface area contributed by atoms with Crippen LogP contribution in [0, 0.1) is 6.92 Å². The molecule has 0 amide bonds. The first-order chi connectivity index (χ1) is 7.77. The van der Waals surface area contributed by atoms with Crippen LogP contribution in [0.15, 0.2) is 35.8 Å². The van der Waals surface area contributed by atoms with Gasteiger partial charge in [-0.3, -0.25) is 9.78 Å². The molecule has 0 unspecified atom stereocenters. The van der Waals surface area contributed by atoms with Crippen LogP contribution in [0.5, 0.6) is 0 Å². The summed E-state index contributed by atoms with van der Waals surface area (Å²) in [6.07, 6.45) is 3.01. The summed E-state index contributed by atoms with van der Waals surface area (Å²) in [4.78, 5) is 17.2. The van der Waals surface area contributed by atoms with Gasteiger partial charge >= 0.3 is 0 Å². The zero-order valence-electron chi connectivity index (χ0n) is 9.14. The fourth-order valence-corrected chi connectivity index (χ4v) is 2.31. The molecule has 0 fully saturated rings. The van der Waals surface area contributed by atoms with E-state index >= 15 is 0 Å². The third-order valence-electron chi connectivity index (χ3n) is 2.49. The molecule has 0 saturated heterocycles. The van der Waals surface area contributed by atoms with Crippen molar-refractivity contribution in [2.45, 2.75) is 19.8 Å². The summed E-state index contributed by atoms with van der Waals surface area (Å²) < 4.78 is 0. The van der Waals surface area contributed by atoms with Gasteiger partial charge in [-0.1, -0.05) is 6.07 Å². The number of ketones is 1. The number of rotatable bonds is 4. The molecule has 0 N–H and O–H groups in total. The first-order valence-electron chi connectivity index (χ1n) is 5.24. The van der Waals surface area contributed by atoms with Gasteiger partial charge in [-0.15, -0.1) is 11.3 Å². The number of thiophene rings is 1. The van der Waals surface area contributed by atoms with E-state index in [0.29, 0.717) is 6.42 Å². The number of Topliss-reactive ketones (excluding diaryl/α,β-unsaturated/α-hetero) is 1. The Balaban J connectivity index is 1.97. The normalized spacial score (nSPS) is 10.3. The molecule has 0 atom stereocenters. The van der Waals surface area contributed by atoms with E-state index < -0.39 is 0 Å². The van der Waals surface area contributed by atoms with Crippen LogP contribution in [0.4, 0.5) is 0 Å². The van der Waals surface area contributed by atoms with E-state index in [9.17, 15) is 4.79 Å². The van der Waals surface area contributed by atoms with Crippen molar-refractivity contribution in [3.05, 3.63) is 52.0 Å². The molecule has 0 aliphatic carbocycles. The lowest BCUT2D eigenvalue weighted by atomic mass is 10.1. The molecular weight excluding hydrogens is 218 g/mol. The van der Waals surface area contributed by atoms with E-state index in [1.807, 2.05) is 36.6 Å². The molecule has 2 aromatic heterocycles. The Morgan fingerprint density at radius 3 is 2.88 bits per heavy atom. The highest BCUT2D eigenvalue weighted by molar-refractivity contribution is 7.10. The summed E-state index contributed by atoms with van der Waals surface area (Å²) >= 11 is 1.62. The molecule has 0 aliphatic heterocycles. The van der Waals surface area contributed by atoms with Crippen LogP contribution in [0.2, 0.25) is 0 Å². The van der Waals surface area contributed by atoms with Crippen molar-refractivity contribution >= 4 is 17.1 Å². The van der Waals surface area contributed by atoms with Crippen LogP contribution in [0.1, 0.15) is 27.3 Å². The van der Waals surface area contributed by atoms with E-state index in [1.54, 1.807) is 17.5 Å². The number of hydrogen-bond acceptors (Lipinski definition) is 3. The Morgan fingerprint density at radius 1 is 1.38 bits per heavy atom. The standard InChI is InChI=1S/C13H13NOS/c1-10-12(7-9-16-10)13(15)6-5-11-4-2-3-8-14-11/h2-4,7-9H,5-6H2,1H3. The minimum Gasteiger partial charge on any atom is -0.294 e. The average Bonchev–Trinajstić information content (AvgIpc) is 2.74. The highest BCUT2D eigenvalue weighted by atomic mass is 32.1. The number of aryl methyl sites for hydroxylation is 2. The molecule has 0 aliphatic rings. The maximum Gasteiger partial charge on any atom is 0.164 e. The highest BCUT2D eigenvalue weighted by Crippen LogP contribution is 2.17. The van der Waals surface area contributed by atoms with Crippen molar-refractivity contribution in [3.8, 4) is 0 Å². The van der Waals surface area contributed by atoms with Gasteiger partial charge in [0.2, 0.25) is 0 Å². The molecule has 0 spiro atoms. The maximum absolute atomic E-state index is 11.9. The monoisotopic (exact) mass is 231 g/mol. The van der Waals surface area contributed by atoms with Crippen molar-refractivity contribution in [1.29, 1.82) is 0 Å². The van der Waals surface area contributed by atoms with Gasteiger partial charge in [0.25, 0.3) is 0 Å². The van der Waals surface area contributed by atoms with Gasteiger partial charge in [0.05, 0.1) is 0 Å². The minimum atomic E-state index is 0.212. The van der Waals surface area contributed by atoms with E-state index in [4.69, 9.17) is 0 Å². The Labute approximate surface area is 99.0 Å². The van der Waals surface area contributed by atoms with Crippen LogP contribution in [0.25, 0.3) is 0 Å². The number of carbonyl (C=O) groups is 1. The van der Waals surface area contributed by atoms with Gasteiger partial charge in [-0.25, -0.2) is 0 Å². The van der Waals surface area contributed by atoms with Gasteiger partial charge in [0.1, 0.15) is 0 Å². The van der Waals surface area contributed by atoms with Crippen LogP contribution in [-0.4, -0.2) is 10.8 Å². The molecule has 0 radical (unpaired) electrons. The molecular formula is C13H13NOS. The van der Waals surface area contributed by atoms with Crippen molar-refractivity contribution in [3.63, 3.8) is 0 Å². The second-order valence-corrected chi connectivity index (χ2v) is 4.75. The van der Waals surface area contributed by atoms with Gasteiger partial charge < -0.3 is 0 Å². The molecule has 16 heavy (non-hydrogen) atoms. The molecule has 0 aromatic carbocycles. The van der Waals surface area contributed by atoms with Crippen molar-refractivity contribution in [2.24, 2.45) is 0 Å². The van der Waals surface area contributed by atoms with E-state index in [1.165, 1.54) is 0 Å². The summed E-state index contributed by atoms with van der Waals surface area (Å²) in [6, 6.07) is 7.69. The van der Waals surface area contributed by atoms with E-state index in [0.717, 1.165) is 22.6 Å². The van der Waals surface area contributed by atoms with Crippen LogP contribution in [-0.2, 0) is 6.42 Å². The lowest BCUT2D eigenvalue weighted by molar-refractivity contribution is 0.0982. The zero-order valence-corrected chi connectivity index (χ0v) is 9.96. The maximum atomic E-state index is 11.9.